The van der Waals surface area contributed by atoms with Crippen LogP contribution >= 0.6 is 11.3 Å². The van der Waals surface area contributed by atoms with Crippen molar-refractivity contribution in [1.29, 1.82) is 0 Å². The minimum atomic E-state index is -0.442. The predicted molar refractivity (Wildman–Crippen MR) is 98.0 cm³/mol. The molecule has 3 aromatic rings. The summed E-state index contributed by atoms with van der Waals surface area (Å²) in [6.07, 6.45) is 0.774. The summed E-state index contributed by atoms with van der Waals surface area (Å²) in [5.74, 6) is -0.442. The maximum atomic E-state index is 14.4. The summed E-state index contributed by atoms with van der Waals surface area (Å²) in [6, 6.07) is 10.1. The number of carbonyl (C=O) groups is 1. The fourth-order valence-electron chi connectivity index (χ4n) is 2.56. The number of carbonyl (C=O) groups excluding carboxylic acids is 1. The molecule has 2 heterocycles. The van der Waals surface area contributed by atoms with Crippen molar-refractivity contribution < 1.29 is 9.18 Å². The first-order valence-corrected chi connectivity index (χ1v) is 8.81. The zero-order valence-electron chi connectivity index (χ0n) is 14.0. The Kier molecular flexibility index (Phi) is 5.14. The second-order valence-electron chi connectivity index (χ2n) is 5.72. The van der Waals surface area contributed by atoms with Gasteiger partial charge in [0.1, 0.15) is 5.69 Å². The van der Waals surface area contributed by atoms with E-state index in [1.54, 1.807) is 28.2 Å². The standard InChI is InChI=1S/C18H19FN4OS/c1-12-10-13(2)23(22-12)17-6-5-14(11-16(17)19)21-18(24)20-8-7-15-4-3-9-25-15/h3-6,9-11H,7-8H2,1-2H3,(H2,20,21,24). The van der Waals surface area contributed by atoms with Crippen LogP contribution in [-0.4, -0.2) is 22.4 Å². The summed E-state index contributed by atoms with van der Waals surface area (Å²) in [4.78, 5) is 13.1. The van der Waals surface area contributed by atoms with Gasteiger partial charge < -0.3 is 10.6 Å². The monoisotopic (exact) mass is 358 g/mol. The van der Waals surface area contributed by atoms with E-state index in [2.05, 4.69) is 15.7 Å². The molecule has 0 spiro atoms. The number of anilines is 1. The number of amides is 2. The topological polar surface area (TPSA) is 59.0 Å². The molecule has 0 unspecified atom stereocenters. The Balaban J connectivity index is 1.60. The first-order valence-electron chi connectivity index (χ1n) is 7.93. The van der Waals surface area contributed by atoms with Gasteiger partial charge in [-0.1, -0.05) is 6.07 Å². The van der Waals surface area contributed by atoms with Gasteiger partial charge in [0.15, 0.2) is 5.82 Å². The van der Waals surface area contributed by atoms with Crippen molar-refractivity contribution in [2.75, 3.05) is 11.9 Å². The zero-order chi connectivity index (χ0) is 17.8. The molecule has 0 saturated heterocycles. The minimum absolute atomic E-state index is 0.352. The fourth-order valence-corrected chi connectivity index (χ4v) is 3.27. The first-order chi connectivity index (χ1) is 12.0. The average Bonchev–Trinajstić information content (AvgIpc) is 3.17. The summed E-state index contributed by atoms with van der Waals surface area (Å²) in [6.45, 7) is 4.25. The number of halogens is 1. The van der Waals surface area contributed by atoms with Gasteiger partial charge >= 0.3 is 6.03 Å². The van der Waals surface area contributed by atoms with Crippen LogP contribution in [0.4, 0.5) is 14.9 Å². The van der Waals surface area contributed by atoms with Crippen molar-refractivity contribution in [3.8, 4) is 5.69 Å². The Morgan fingerprint density at radius 1 is 1.28 bits per heavy atom. The van der Waals surface area contributed by atoms with E-state index in [4.69, 9.17) is 0 Å². The van der Waals surface area contributed by atoms with E-state index in [0.717, 1.165) is 17.8 Å². The van der Waals surface area contributed by atoms with Crippen LogP contribution < -0.4 is 10.6 Å². The molecule has 0 aliphatic heterocycles. The molecule has 5 nitrogen and oxygen atoms in total. The number of benzene rings is 1. The molecule has 130 valence electrons. The molecule has 0 radical (unpaired) electrons. The van der Waals surface area contributed by atoms with E-state index in [9.17, 15) is 9.18 Å². The van der Waals surface area contributed by atoms with E-state index in [1.807, 2.05) is 37.4 Å². The third-order valence-electron chi connectivity index (χ3n) is 3.68. The maximum absolute atomic E-state index is 14.4. The highest BCUT2D eigenvalue weighted by atomic mass is 32.1. The molecule has 25 heavy (non-hydrogen) atoms. The summed E-state index contributed by atoms with van der Waals surface area (Å²) < 4.78 is 15.9. The van der Waals surface area contributed by atoms with Gasteiger partial charge in [-0.25, -0.2) is 13.9 Å². The highest BCUT2D eigenvalue weighted by Crippen LogP contribution is 2.20. The van der Waals surface area contributed by atoms with Crippen molar-refractivity contribution in [3.05, 3.63) is 63.9 Å². The molecule has 1 aromatic carbocycles. The number of hydrogen-bond donors (Lipinski definition) is 2. The van der Waals surface area contributed by atoms with Gasteiger partial charge in [-0.2, -0.15) is 5.10 Å². The van der Waals surface area contributed by atoms with E-state index in [0.29, 0.717) is 17.9 Å². The molecule has 2 aromatic heterocycles. The van der Waals surface area contributed by atoms with Gasteiger partial charge in [-0.15, -0.1) is 11.3 Å². The maximum Gasteiger partial charge on any atom is 0.319 e. The molecule has 0 saturated carbocycles. The summed E-state index contributed by atoms with van der Waals surface area (Å²) >= 11 is 1.65. The van der Waals surface area contributed by atoms with Gasteiger partial charge in [0.2, 0.25) is 0 Å². The Morgan fingerprint density at radius 2 is 2.12 bits per heavy atom. The van der Waals surface area contributed by atoms with Gasteiger partial charge in [0, 0.05) is 22.8 Å². The predicted octanol–water partition coefficient (Wildman–Crippen LogP) is 4.05. The number of hydrogen-bond acceptors (Lipinski definition) is 3. The SMILES string of the molecule is Cc1cc(C)n(-c2ccc(NC(=O)NCCc3cccs3)cc2F)n1. The average molecular weight is 358 g/mol. The number of urea groups is 1. The molecule has 7 heteroatoms. The molecule has 3 rings (SSSR count). The molecule has 2 N–H and O–H groups in total. The lowest BCUT2D eigenvalue weighted by molar-refractivity contribution is 0.252. The van der Waals surface area contributed by atoms with Crippen molar-refractivity contribution in [2.24, 2.45) is 0 Å². The van der Waals surface area contributed by atoms with E-state index >= 15 is 0 Å². The molecule has 0 atom stereocenters. The second-order valence-corrected chi connectivity index (χ2v) is 6.75. The Hall–Kier alpha value is -2.67. The summed E-state index contributed by atoms with van der Waals surface area (Å²) in [5, 5.41) is 11.7. The second kappa shape index (κ2) is 7.48. The van der Waals surface area contributed by atoms with E-state index < -0.39 is 5.82 Å². The fraction of sp³-hybridized carbons (Fsp3) is 0.222. The zero-order valence-corrected chi connectivity index (χ0v) is 14.9. The van der Waals surface area contributed by atoms with Crippen LogP contribution in [-0.2, 0) is 6.42 Å². The van der Waals surface area contributed by atoms with Crippen molar-refractivity contribution in [3.63, 3.8) is 0 Å². The number of rotatable bonds is 5. The van der Waals surface area contributed by atoms with Crippen LogP contribution in [0.5, 0.6) is 0 Å². The van der Waals surface area contributed by atoms with Crippen LogP contribution in [0.1, 0.15) is 16.3 Å². The number of nitrogens with zero attached hydrogens (tertiary/aromatic N) is 2. The molecule has 0 bridgehead atoms. The highest BCUT2D eigenvalue weighted by Gasteiger charge is 2.11. The van der Waals surface area contributed by atoms with Crippen LogP contribution in [0.3, 0.4) is 0 Å². The van der Waals surface area contributed by atoms with Gasteiger partial charge in [-0.05, 0) is 56.0 Å². The van der Waals surface area contributed by atoms with Crippen LogP contribution in [0, 0.1) is 19.7 Å². The van der Waals surface area contributed by atoms with E-state index in [1.165, 1.54) is 10.9 Å². The van der Waals surface area contributed by atoms with Crippen LogP contribution in [0.2, 0.25) is 0 Å². The van der Waals surface area contributed by atoms with Crippen LogP contribution in [0.25, 0.3) is 5.69 Å². The first kappa shape index (κ1) is 17.2. The normalized spacial score (nSPS) is 10.7. The summed E-state index contributed by atoms with van der Waals surface area (Å²) in [7, 11) is 0. The Labute approximate surface area is 149 Å². The highest BCUT2D eigenvalue weighted by molar-refractivity contribution is 7.09. The van der Waals surface area contributed by atoms with Crippen molar-refractivity contribution in [1.82, 2.24) is 15.1 Å². The number of nitrogens with one attached hydrogen (secondary N) is 2. The quantitative estimate of drug-likeness (QED) is 0.723. The Morgan fingerprint density at radius 3 is 2.76 bits per heavy atom. The molecular weight excluding hydrogens is 339 g/mol. The largest absolute Gasteiger partial charge is 0.338 e. The van der Waals surface area contributed by atoms with Gasteiger partial charge in [-0.3, -0.25) is 0 Å². The van der Waals surface area contributed by atoms with Gasteiger partial charge in [0.25, 0.3) is 0 Å². The van der Waals surface area contributed by atoms with E-state index in [-0.39, 0.29) is 6.03 Å². The summed E-state index contributed by atoms with van der Waals surface area (Å²) in [5.41, 5.74) is 2.43. The third-order valence-corrected chi connectivity index (χ3v) is 4.62. The molecule has 0 fully saturated rings. The number of aromatic nitrogens is 2. The number of thiophene rings is 1. The van der Waals surface area contributed by atoms with Crippen LogP contribution in [0.15, 0.2) is 41.8 Å². The lowest BCUT2D eigenvalue weighted by atomic mass is 10.2. The number of aryl methyl sites for hydroxylation is 2. The lowest BCUT2D eigenvalue weighted by Crippen LogP contribution is -2.30. The molecular formula is C18H19FN4OS. The van der Waals surface area contributed by atoms with Gasteiger partial charge in [0.05, 0.1) is 5.69 Å². The molecule has 0 aliphatic rings. The Bertz CT molecular complexity index is 873. The van der Waals surface area contributed by atoms with Crippen molar-refractivity contribution in [2.45, 2.75) is 20.3 Å². The minimum Gasteiger partial charge on any atom is -0.338 e. The smallest absolute Gasteiger partial charge is 0.319 e. The molecule has 0 aliphatic carbocycles. The third kappa shape index (κ3) is 4.24. The van der Waals surface area contributed by atoms with Crippen molar-refractivity contribution >= 4 is 23.1 Å². The molecule has 2 amide bonds. The lowest BCUT2D eigenvalue weighted by Gasteiger charge is -2.10.